The van der Waals surface area contributed by atoms with Gasteiger partial charge in [-0.25, -0.2) is 13.1 Å². The van der Waals surface area contributed by atoms with E-state index in [9.17, 15) is 8.42 Å². The summed E-state index contributed by atoms with van der Waals surface area (Å²) < 4.78 is 25.6. The lowest BCUT2D eigenvalue weighted by molar-refractivity contribution is 0.295. The first-order valence-corrected chi connectivity index (χ1v) is 7.39. The smallest absolute Gasteiger partial charge is 0.211 e. The van der Waals surface area contributed by atoms with Crippen LogP contribution < -0.4 is 4.72 Å². The first-order chi connectivity index (χ1) is 8.09. The van der Waals surface area contributed by atoms with Crippen molar-refractivity contribution < 1.29 is 13.5 Å². The Bertz CT molecular complexity index is 443. The number of aliphatic hydroxyl groups excluding tert-OH is 1. The van der Waals surface area contributed by atoms with E-state index in [0.29, 0.717) is 6.54 Å². The van der Waals surface area contributed by atoms with Crippen molar-refractivity contribution in [3.8, 4) is 0 Å². The van der Waals surface area contributed by atoms with E-state index in [-0.39, 0.29) is 18.8 Å². The summed E-state index contributed by atoms with van der Waals surface area (Å²) >= 11 is 0. The summed E-state index contributed by atoms with van der Waals surface area (Å²) in [5, 5.41) is 8.60. The van der Waals surface area contributed by atoms with Gasteiger partial charge in [0.1, 0.15) is 0 Å². The van der Waals surface area contributed by atoms with Gasteiger partial charge in [-0.3, -0.25) is 0 Å². The molecular weight excluding hydrogens is 238 g/mol. The van der Waals surface area contributed by atoms with Crippen LogP contribution in [0.3, 0.4) is 0 Å². The van der Waals surface area contributed by atoms with Gasteiger partial charge in [-0.2, -0.15) is 0 Å². The number of aliphatic hydroxyl groups is 1. The third-order valence-electron chi connectivity index (χ3n) is 2.55. The Morgan fingerprint density at radius 1 is 1.24 bits per heavy atom. The second kappa shape index (κ2) is 6.74. The molecule has 0 saturated heterocycles. The molecule has 0 aromatic heterocycles. The van der Waals surface area contributed by atoms with Crippen molar-refractivity contribution in [2.75, 3.05) is 12.4 Å². The first-order valence-electron chi connectivity index (χ1n) is 5.74. The number of sulfonamides is 1. The highest BCUT2D eigenvalue weighted by Gasteiger charge is 2.10. The molecule has 0 saturated carbocycles. The molecule has 5 heteroatoms. The minimum atomic E-state index is -3.28. The zero-order chi connectivity index (χ0) is 12.7. The fourth-order valence-electron chi connectivity index (χ4n) is 1.59. The van der Waals surface area contributed by atoms with Crippen molar-refractivity contribution in [1.82, 2.24) is 4.72 Å². The predicted octanol–water partition coefficient (Wildman–Crippen LogP) is 1.05. The Morgan fingerprint density at radius 3 is 2.47 bits per heavy atom. The van der Waals surface area contributed by atoms with E-state index in [1.807, 2.05) is 31.2 Å². The quantitative estimate of drug-likeness (QED) is 0.767. The number of nitrogens with one attached hydrogen (secondary N) is 1. The van der Waals surface area contributed by atoms with E-state index in [2.05, 4.69) is 4.72 Å². The van der Waals surface area contributed by atoms with Gasteiger partial charge in [0.15, 0.2) is 0 Å². The van der Waals surface area contributed by atoms with E-state index >= 15 is 0 Å². The molecule has 2 N–H and O–H groups in total. The van der Waals surface area contributed by atoms with Crippen LogP contribution in [-0.2, 0) is 23.0 Å². The molecule has 96 valence electrons. The van der Waals surface area contributed by atoms with Crippen molar-refractivity contribution in [3.05, 3.63) is 35.4 Å². The molecule has 0 heterocycles. The van der Waals surface area contributed by atoms with Gasteiger partial charge in [0.2, 0.25) is 10.0 Å². The van der Waals surface area contributed by atoms with Crippen LogP contribution in [0.15, 0.2) is 24.3 Å². The third kappa shape index (κ3) is 4.85. The molecule has 1 aromatic carbocycles. The van der Waals surface area contributed by atoms with Crippen molar-refractivity contribution in [2.24, 2.45) is 0 Å². The first kappa shape index (κ1) is 14.2. The lowest BCUT2D eigenvalue weighted by Crippen LogP contribution is -2.26. The van der Waals surface area contributed by atoms with E-state index in [1.165, 1.54) is 0 Å². The molecule has 0 unspecified atom stereocenters. The summed E-state index contributed by atoms with van der Waals surface area (Å²) in [6.07, 6.45) is 1.15. The molecule has 0 radical (unpaired) electrons. The van der Waals surface area contributed by atoms with Gasteiger partial charge in [0.25, 0.3) is 0 Å². The minimum Gasteiger partial charge on any atom is -0.396 e. The summed E-state index contributed by atoms with van der Waals surface area (Å²) in [4.78, 5) is 0. The standard InChI is InChI=1S/C12H19NO3S/c1-2-11-6-3-4-7-12(11)10-13-17(15,16)9-5-8-14/h3-4,6-7,13-14H,2,5,8-10H2,1H3. The molecule has 4 nitrogen and oxygen atoms in total. The maximum atomic E-state index is 11.5. The number of aryl methyl sites for hydroxylation is 1. The molecule has 17 heavy (non-hydrogen) atoms. The van der Waals surface area contributed by atoms with Gasteiger partial charge in [-0.1, -0.05) is 31.2 Å². The van der Waals surface area contributed by atoms with Gasteiger partial charge in [0, 0.05) is 13.2 Å². The lowest BCUT2D eigenvalue weighted by Gasteiger charge is -2.09. The van der Waals surface area contributed by atoms with Crippen LogP contribution >= 0.6 is 0 Å². The Balaban J connectivity index is 2.61. The Labute approximate surface area is 103 Å². The Kier molecular flexibility index (Phi) is 5.61. The van der Waals surface area contributed by atoms with Crippen LogP contribution in [0.5, 0.6) is 0 Å². The molecule has 0 bridgehead atoms. The molecule has 0 aliphatic heterocycles. The van der Waals surface area contributed by atoms with Crippen molar-refractivity contribution in [2.45, 2.75) is 26.3 Å². The van der Waals surface area contributed by atoms with Gasteiger partial charge in [0.05, 0.1) is 5.75 Å². The predicted molar refractivity (Wildman–Crippen MR) is 68.1 cm³/mol. The number of hydrogen-bond donors (Lipinski definition) is 2. The van der Waals surface area contributed by atoms with Crippen molar-refractivity contribution in [1.29, 1.82) is 0 Å². The molecule has 0 atom stereocenters. The highest BCUT2D eigenvalue weighted by molar-refractivity contribution is 7.89. The molecule has 0 aliphatic carbocycles. The fraction of sp³-hybridized carbons (Fsp3) is 0.500. The molecule has 1 aromatic rings. The number of benzene rings is 1. The second-order valence-corrected chi connectivity index (χ2v) is 5.77. The normalized spacial score (nSPS) is 11.6. The van der Waals surface area contributed by atoms with Crippen LogP contribution in [-0.4, -0.2) is 25.9 Å². The summed E-state index contributed by atoms with van der Waals surface area (Å²) in [6, 6.07) is 7.77. The van der Waals surface area contributed by atoms with E-state index < -0.39 is 10.0 Å². The molecule has 1 rings (SSSR count). The fourth-order valence-corrected chi connectivity index (χ4v) is 2.62. The average molecular weight is 257 g/mol. The monoisotopic (exact) mass is 257 g/mol. The maximum Gasteiger partial charge on any atom is 0.211 e. The van der Waals surface area contributed by atoms with E-state index in [4.69, 9.17) is 5.11 Å². The summed E-state index contributed by atoms with van der Waals surface area (Å²) in [5.74, 6) is -0.0300. The minimum absolute atomic E-state index is 0.0300. The largest absolute Gasteiger partial charge is 0.396 e. The molecule has 0 fully saturated rings. The Hall–Kier alpha value is -0.910. The second-order valence-electron chi connectivity index (χ2n) is 3.84. The van der Waals surface area contributed by atoms with Gasteiger partial charge in [-0.05, 0) is 24.0 Å². The third-order valence-corrected chi connectivity index (χ3v) is 3.96. The molecule has 0 spiro atoms. The van der Waals surface area contributed by atoms with Crippen LogP contribution in [0.4, 0.5) is 0 Å². The van der Waals surface area contributed by atoms with Crippen LogP contribution in [0.25, 0.3) is 0 Å². The van der Waals surface area contributed by atoms with Crippen LogP contribution in [0.1, 0.15) is 24.5 Å². The van der Waals surface area contributed by atoms with Crippen molar-refractivity contribution >= 4 is 10.0 Å². The van der Waals surface area contributed by atoms with Crippen molar-refractivity contribution in [3.63, 3.8) is 0 Å². The summed E-state index contributed by atoms with van der Waals surface area (Å²) in [6.45, 7) is 2.25. The van der Waals surface area contributed by atoms with E-state index in [0.717, 1.165) is 17.5 Å². The van der Waals surface area contributed by atoms with Gasteiger partial charge >= 0.3 is 0 Å². The summed E-state index contributed by atoms with van der Waals surface area (Å²) in [5.41, 5.74) is 2.15. The highest BCUT2D eigenvalue weighted by Crippen LogP contribution is 2.09. The molecular formula is C12H19NO3S. The maximum absolute atomic E-state index is 11.5. The lowest BCUT2D eigenvalue weighted by atomic mass is 10.1. The molecule has 0 amide bonds. The average Bonchev–Trinajstić information content (AvgIpc) is 2.34. The highest BCUT2D eigenvalue weighted by atomic mass is 32.2. The van der Waals surface area contributed by atoms with Crippen LogP contribution in [0, 0.1) is 0 Å². The van der Waals surface area contributed by atoms with E-state index in [1.54, 1.807) is 0 Å². The Morgan fingerprint density at radius 2 is 1.88 bits per heavy atom. The SMILES string of the molecule is CCc1ccccc1CNS(=O)(=O)CCCO. The molecule has 0 aliphatic rings. The topological polar surface area (TPSA) is 66.4 Å². The number of rotatable bonds is 7. The van der Waals surface area contributed by atoms with Gasteiger partial charge in [-0.15, -0.1) is 0 Å². The summed E-state index contributed by atoms with van der Waals surface area (Å²) in [7, 11) is -3.28. The van der Waals surface area contributed by atoms with Crippen LogP contribution in [0.2, 0.25) is 0 Å². The van der Waals surface area contributed by atoms with Gasteiger partial charge < -0.3 is 5.11 Å². The number of hydrogen-bond acceptors (Lipinski definition) is 3. The zero-order valence-corrected chi connectivity index (χ0v) is 10.8. The zero-order valence-electron chi connectivity index (χ0n) is 10.0.